The third-order valence-electron chi connectivity index (χ3n) is 4.17. The Labute approximate surface area is 125 Å². The molecule has 0 aliphatic carbocycles. The molecule has 6 nitrogen and oxygen atoms in total. The summed E-state index contributed by atoms with van der Waals surface area (Å²) >= 11 is 0. The van der Waals surface area contributed by atoms with E-state index in [0.29, 0.717) is 6.42 Å². The highest BCUT2D eigenvalue weighted by atomic mass is 16.5. The van der Waals surface area contributed by atoms with E-state index in [4.69, 9.17) is 4.74 Å². The Balaban J connectivity index is 5.62. The van der Waals surface area contributed by atoms with Crippen LogP contribution in [0.4, 0.5) is 0 Å². The van der Waals surface area contributed by atoms with Crippen LogP contribution in [-0.2, 0) is 19.1 Å². The average Bonchev–Trinajstić information content (AvgIpc) is 2.36. The number of hydrogen-bond acceptors (Lipinski definition) is 4. The first-order chi connectivity index (χ1) is 9.34. The number of carboxylic acids is 2. The topological polar surface area (TPSA) is 101 Å². The van der Waals surface area contributed by atoms with E-state index in [1.807, 2.05) is 0 Å². The molecule has 0 heterocycles. The van der Waals surface area contributed by atoms with Gasteiger partial charge in [0.15, 0.2) is 0 Å². The number of carbonyl (C=O) groups excluding carboxylic acids is 1. The van der Waals surface area contributed by atoms with Gasteiger partial charge in [0.05, 0.1) is 23.4 Å². The fraction of sp³-hybridized carbons (Fsp3) is 0.800. The number of aliphatic carboxylic acids is 2. The van der Waals surface area contributed by atoms with Crippen molar-refractivity contribution in [2.45, 2.75) is 53.9 Å². The molecule has 2 unspecified atom stereocenters. The van der Waals surface area contributed by atoms with Gasteiger partial charge in [0, 0.05) is 0 Å². The molecule has 0 aromatic rings. The summed E-state index contributed by atoms with van der Waals surface area (Å²) in [6.45, 7) is 7.89. The fourth-order valence-corrected chi connectivity index (χ4v) is 2.72. The molecule has 0 amide bonds. The van der Waals surface area contributed by atoms with E-state index in [1.165, 1.54) is 21.0 Å². The number of esters is 1. The van der Waals surface area contributed by atoms with Gasteiger partial charge >= 0.3 is 17.9 Å². The molecule has 2 atom stereocenters. The Kier molecular flexibility index (Phi) is 5.96. The highest BCUT2D eigenvalue weighted by Gasteiger charge is 2.48. The highest BCUT2D eigenvalue weighted by molar-refractivity contribution is 5.81. The molecular weight excluding hydrogens is 276 g/mol. The molecule has 0 aliphatic heterocycles. The van der Waals surface area contributed by atoms with Crippen LogP contribution in [0, 0.1) is 16.2 Å². The van der Waals surface area contributed by atoms with Crippen LogP contribution in [0.5, 0.6) is 0 Å². The number of ether oxygens (including phenoxy) is 1. The van der Waals surface area contributed by atoms with Crippen molar-refractivity contribution in [1.82, 2.24) is 0 Å². The number of methoxy groups -OCH3 is 1. The second-order valence-corrected chi connectivity index (χ2v) is 6.81. The summed E-state index contributed by atoms with van der Waals surface area (Å²) in [6.07, 6.45) is 0.364. The molecule has 0 aliphatic rings. The van der Waals surface area contributed by atoms with Crippen LogP contribution in [0.15, 0.2) is 0 Å². The second kappa shape index (κ2) is 6.45. The number of carbonyl (C=O) groups is 3. The van der Waals surface area contributed by atoms with Gasteiger partial charge in [-0.2, -0.15) is 0 Å². The summed E-state index contributed by atoms with van der Waals surface area (Å²) in [5, 5.41) is 18.6. The molecule has 0 aromatic carbocycles. The van der Waals surface area contributed by atoms with E-state index < -0.39 is 34.2 Å². The van der Waals surface area contributed by atoms with E-state index in [-0.39, 0.29) is 12.8 Å². The summed E-state index contributed by atoms with van der Waals surface area (Å²) < 4.78 is 4.79. The lowest BCUT2D eigenvalue weighted by Gasteiger charge is -2.38. The maximum atomic E-state index is 12.1. The highest BCUT2D eigenvalue weighted by Crippen LogP contribution is 2.44. The molecule has 122 valence electrons. The van der Waals surface area contributed by atoms with Crippen LogP contribution in [-0.4, -0.2) is 35.2 Å². The van der Waals surface area contributed by atoms with Gasteiger partial charge in [-0.05, 0) is 47.0 Å². The lowest BCUT2D eigenvalue weighted by atomic mass is 9.65. The number of rotatable bonds is 8. The van der Waals surface area contributed by atoms with E-state index in [9.17, 15) is 24.6 Å². The van der Waals surface area contributed by atoms with Gasteiger partial charge in [-0.1, -0.05) is 6.92 Å². The fourth-order valence-electron chi connectivity index (χ4n) is 2.72. The third-order valence-corrected chi connectivity index (χ3v) is 4.17. The van der Waals surface area contributed by atoms with Crippen molar-refractivity contribution in [1.29, 1.82) is 0 Å². The predicted octanol–water partition coefficient (Wildman–Crippen LogP) is 2.56. The zero-order valence-corrected chi connectivity index (χ0v) is 13.6. The zero-order valence-electron chi connectivity index (χ0n) is 13.6. The summed E-state index contributed by atoms with van der Waals surface area (Å²) in [6, 6.07) is 0. The van der Waals surface area contributed by atoms with E-state index in [1.54, 1.807) is 20.8 Å². The van der Waals surface area contributed by atoms with Gasteiger partial charge in [0.25, 0.3) is 0 Å². The normalized spacial score (nSPS) is 17.4. The molecule has 0 radical (unpaired) electrons. The van der Waals surface area contributed by atoms with Gasteiger partial charge < -0.3 is 14.9 Å². The molecule has 6 heteroatoms. The van der Waals surface area contributed by atoms with E-state index >= 15 is 0 Å². The monoisotopic (exact) mass is 302 g/mol. The van der Waals surface area contributed by atoms with Crippen molar-refractivity contribution in [3.05, 3.63) is 0 Å². The Bertz CT molecular complexity index is 428. The SMILES string of the molecule is CCC(C)(CC(C)(CC(C)(C)C(=O)O)C(=O)OC)C(=O)O. The van der Waals surface area contributed by atoms with Crippen LogP contribution in [0.2, 0.25) is 0 Å². The van der Waals surface area contributed by atoms with Crippen molar-refractivity contribution in [3.8, 4) is 0 Å². The van der Waals surface area contributed by atoms with Crippen molar-refractivity contribution < 1.29 is 29.3 Å². The molecule has 0 rings (SSSR count). The first-order valence-corrected chi connectivity index (χ1v) is 6.90. The van der Waals surface area contributed by atoms with E-state index in [0.717, 1.165) is 0 Å². The Morgan fingerprint density at radius 3 is 1.67 bits per heavy atom. The Hall–Kier alpha value is -1.59. The summed E-state index contributed by atoms with van der Waals surface area (Å²) in [5.41, 5.74) is -3.45. The average molecular weight is 302 g/mol. The predicted molar refractivity (Wildman–Crippen MR) is 76.8 cm³/mol. The Morgan fingerprint density at radius 1 is 0.905 bits per heavy atom. The number of hydrogen-bond donors (Lipinski definition) is 2. The standard InChI is InChI=1S/C15H26O6/c1-7-14(4,11(18)19)9-15(5,12(20)21-6)8-13(2,3)10(16)17/h7-9H2,1-6H3,(H,16,17)(H,18,19). The van der Waals surface area contributed by atoms with Crippen molar-refractivity contribution in [2.24, 2.45) is 16.2 Å². The van der Waals surface area contributed by atoms with Crippen molar-refractivity contribution >= 4 is 17.9 Å². The van der Waals surface area contributed by atoms with Gasteiger partial charge in [-0.3, -0.25) is 14.4 Å². The van der Waals surface area contributed by atoms with Crippen LogP contribution >= 0.6 is 0 Å². The minimum Gasteiger partial charge on any atom is -0.481 e. The maximum Gasteiger partial charge on any atom is 0.311 e. The molecular formula is C15H26O6. The lowest BCUT2D eigenvalue weighted by molar-refractivity contribution is -0.163. The number of carboxylic acid groups (broad SMARTS) is 2. The zero-order chi connectivity index (χ0) is 17.1. The molecule has 0 fully saturated rings. The lowest BCUT2D eigenvalue weighted by Crippen LogP contribution is -2.43. The first kappa shape index (κ1) is 19.4. The summed E-state index contributed by atoms with van der Waals surface area (Å²) in [4.78, 5) is 34.9. The molecule has 0 spiro atoms. The van der Waals surface area contributed by atoms with Crippen LogP contribution in [0.25, 0.3) is 0 Å². The largest absolute Gasteiger partial charge is 0.481 e. The first-order valence-electron chi connectivity index (χ1n) is 6.90. The molecule has 0 aromatic heterocycles. The minimum atomic E-state index is -1.18. The van der Waals surface area contributed by atoms with Gasteiger partial charge in [-0.15, -0.1) is 0 Å². The molecule has 2 N–H and O–H groups in total. The molecule has 21 heavy (non-hydrogen) atoms. The summed E-state index contributed by atoms with van der Waals surface area (Å²) in [7, 11) is 1.22. The quantitative estimate of drug-likeness (QED) is 0.668. The van der Waals surface area contributed by atoms with Crippen LogP contribution in [0.1, 0.15) is 53.9 Å². The summed E-state index contributed by atoms with van der Waals surface area (Å²) in [5.74, 6) is -2.63. The molecule has 0 bridgehead atoms. The second-order valence-electron chi connectivity index (χ2n) is 6.81. The van der Waals surface area contributed by atoms with Gasteiger partial charge in [0.1, 0.15) is 0 Å². The minimum absolute atomic E-state index is 0.00484. The van der Waals surface area contributed by atoms with Gasteiger partial charge in [0.2, 0.25) is 0 Å². The van der Waals surface area contributed by atoms with Crippen LogP contribution in [0.3, 0.4) is 0 Å². The Morgan fingerprint density at radius 2 is 1.38 bits per heavy atom. The third kappa shape index (κ3) is 4.44. The van der Waals surface area contributed by atoms with Crippen molar-refractivity contribution in [2.75, 3.05) is 7.11 Å². The van der Waals surface area contributed by atoms with E-state index in [2.05, 4.69) is 0 Å². The molecule has 0 saturated heterocycles. The van der Waals surface area contributed by atoms with Crippen molar-refractivity contribution in [3.63, 3.8) is 0 Å². The maximum absolute atomic E-state index is 12.1. The smallest absolute Gasteiger partial charge is 0.311 e. The van der Waals surface area contributed by atoms with Crippen LogP contribution < -0.4 is 0 Å². The van der Waals surface area contributed by atoms with Gasteiger partial charge in [-0.25, -0.2) is 0 Å². The molecule has 0 saturated carbocycles.